The Morgan fingerprint density at radius 1 is 1.33 bits per heavy atom. The Kier molecular flexibility index (Phi) is 4.30. The molecule has 18 heavy (non-hydrogen) atoms. The molecule has 1 atom stereocenters. The predicted octanol–water partition coefficient (Wildman–Crippen LogP) is 2.70. The van der Waals surface area contributed by atoms with Crippen molar-refractivity contribution in [1.29, 1.82) is 0 Å². The highest BCUT2D eigenvalue weighted by molar-refractivity contribution is 5.21. The Morgan fingerprint density at radius 3 is 2.56 bits per heavy atom. The molecule has 1 aromatic rings. The van der Waals surface area contributed by atoms with Crippen LogP contribution in [0.3, 0.4) is 0 Å². The molecule has 0 radical (unpaired) electrons. The number of nitrogens with two attached hydrogens (primary N) is 1. The number of halogens is 2. The topological polar surface area (TPSA) is 29.3 Å². The Morgan fingerprint density at radius 2 is 2.06 bits per heavy atom. The zero-order valence-corrected chi connectivity index (χ0v) is 10.7. The van der Waals surface area contributed by atoms with Crippen molar-refractivity contribution < 1.29 is 8.78 Å². The molecule has 0 bridgehead atoms. The summed E-state index contributed by atoms with van der Waals surface area (Å²) < 4.78 is 26.2. The number of nitrogens with zero attached hydrogens (tertiary/aromatic N) is 1. The number of hydrogen-bond acceptors (Lipinski definition) is 2. The van der Waals surface area contributed by atoms with Gasteiger partial charge in [0.1, 0.15) is 0 Å². The fourth-order valence-corrected chi connectivity index (χ4v) is 2.50. The molecule has 1 fully saturated rings. The average Bonchev–Trinajstić information content (AvgIpc) is 2.29. The van der Waals surface area contributed by atoms with Gasteiger partial charge in [0, 0.05) is 19.1 Å². The summed E-state index contributed by atoms with van der Waals surface area (Å²) in [5.74, 6) is -0.881. The molecule has 1 unspecified atom stereocenters. The molecule has 0 aliphatic heterocycles. The largest absolute Gasteiger partial charge is 0.329 e. The van der Waals surface area contributed by atoms with Crippen LogP contribution in [0.25, 0.3) is 0 Å². The summed E-state index contributed by atoms with van der Waals surface area (Å²) in [7, 11) is 2.00. The second kappa shape index (κ2) is 5.76. The van der Waals surface area contributed by atoms with Crippen LogP contribution in [0.1, 0.15) is 30.9 Å². The van der Waals surface area contributed by atoms with Crippen LogP contribution in [0.5, 0.6) is 0 Å². The molecule has 1 aliphatic carbocycles. The quantitative estimate of drug-likeness (QED) is 0.875. The molecule has 0 aromatic heterocycles. The normalized spacial score (nSPS) is 17.8. The first-order valence-corrected chi connectivity index (χ1v) is 6.47. The monoisotopic (exact) mass is 254 g/mol. The first-order valence-electron chi connectivity index (χ1n) is 6.47. The van der Waals surface area contributed by atoms with Crippen molar-refractivity contribution in [2.24, 2.45) is 11.7 Å². The number of hydrogen-bond donors (Lipinski definition) is 1. The van der Waals surface area contributed by atoms with E-state index in [2.05, 4.69) is 4.90 Å². The minimum atomic E-state index is -0.809. The maximum Gasteiger partial charge on any atom is 0.159 e. The van der Waals surface area contributed by atoms with Gasteiger partial charge in [-0.15, -0.1) is 0 Å². The van der Waals surface area contributed by atoms with E-state index in [9.17, 15) is 8.78 Å². The van der Waals surface area contributed by atoms with E-state index in [0.29, 0.717) is 6.54 Å². The van der Waals surface area contributed by atoms with Gasteiger partial charge in [0.15, 0.2) is 11.6 Å². The summed E-state index contributed by atoms with van der Waals surface area (Å²) in [6.45, 7) is 1.38. The lowest BCUT2D eigenvalue weighted by molar-refractivity contribution is 0.164. The van der Waals surface area contributed by atoms with Gasteiger partial charge in [0.25, 0.3) is 0 Å². The minimum absolute atomic E-state index is 0.0410. The molecule has 2 nitrogen and oxygen atoms in total. The van der Waals surface area contributed by atoms with Crippen LogP contribution in [0.15, 0.2) is 18.2 Å². The summed E-state index contributed by atoms with van der Waals surface area (Å²) >= 11 is 0. The second-order valence-electron chi connectivity index (χ2n) is 5.16. The minimum Gasteiger partial charge on any atom is -0.329 e. The summed E-state index contributed by atoms with van der Waals surface area (Å²) in [5.41, 5.74) is 6.52. The third-order valence-electron chi connectivity index (χ3n) is 3.85. The zero-order chi connectivity index (χ0) is 13.1. The Balaban J connectivity index is 2.08. The summed E-state index contributed by atoms with van der Waals surface area (Å²) in [5, 5.41) is 0. The van der Waals surface area contributed by atoms with Gasteiger partial charge in [-0.25, -0.2) is 8.78 Å². The lowest BCUT2D eigenvalue weighted by atomic mass is 9.85. The van der Waals surface area contributed by atoms with Gasteiger partial charge < -0.3 is 5.73 Å². The van der Waals surface area contributed by atoms with E-state index < -0.39 is 11.6 Å². The Labute approximate surface area is 107 Å². The zero-order valence-electron chi connectivity index (χ0n) is 10.7. The van der Waals surface area contributed by atoms with Gasteiger partial charge in [-0.3, -0.25) is 4.90 Å². The lowest BCUT2D eigenvalue weighted by Crippen LogP contribution is -2.36. The highest BCUT2D eigenvalue weighted by atomic mass is 19.2. The van der Waals surface area contributed by atoms with Crippen molar-refractivity contribution >= 4 is 0 Å². The van der Waals surface area contributed by atoms with Crippen molar-refractivity contribution in [2.75, 3.05) is 20.1 Å². The first kappa shape index (κ1) is 13.4. The van der Waals surface area contributed by atoms with Gasteiger partial charge in [0.2, 0.25) is 0 Å². The predicted molar refractivity (Wildman–Crippen MR) is 68.1 cm³/mol. The summed E-state index contributed by atoms with van der Waals surface area (Å²) in [4.78, 5) is 2.15. The molecular weight excluding hydrogens is 234 g/mol. The molecule has 2 rings (SSSR count). The van der Waals surface area contributed by atoms with E-state index in [0.717, 1.165) is 18.0 Å². The first-order chi connectivity index (χ1) is 8.61. The van der Waals surface area contributed by atoms with Crippen molar-refractivity contribution in [3.63, 3.8) is 0 Å². The molecule has 0 heterocycles. The van der Waals surface area contributed by atoms with E-state index in [4.69, 9.17) is 5.73 Å². The van der Waals surface area contributed by atoms with Crippen LogP contribution in [0, 0.1) is 17.6 Å². The van der Waals surface area contributed by atoms with E-state index >= 15 is 0 Å². The van der Waals surface area contributed by atoms with Crippen LogP contribution in [-0.4, -0.2) is 25.0 Å². The summed E-state index contributed by atoms with van der Waals surface area (Å²) in [6.07, 6.45) is 3.83. The van der Waals surface area contributed by atoms with E-state index in [1.54, 1.807) is 6.07 Å². The van der Waals surface area contributed by atoms with Gasteiger partial charge in [-0.1, -0.05) is 12.5 Å². The van der Waals surface area contributed by atoms with Crippen LogP contribution in [0.2, 0.25) is 0 Å². The molecule has 1 saturated carbocycles. The Bertz CT molecular complexity index is 405. The molecule has 1 aliphatic rings. The molecule has 0 saturated heterocycles. The third kappa shape index (κ3) is 2.87. The molecule has 2 N–H and O–H groups in total. The van der Waals surface area contributed by atoms with Gasteiger partial charge in [-0.2, -0.15) is 0 Å². The van der Waals surface area contributed by atoms with E-state index in [1.807, 2.05) is 7.05 Å². The maximum atomic E-state index is 13.2. The number of rotatable bonds is 5. The third-order valence-corrected chi connectivity index (χ3v) is 3.85. The lowest BCUT2D eigenvalue weighted by Gasteiger charge is -2.34. The van der Waals surface area contributed by atoms with Crippen LogP contribution in [0.4, 0.5) is 8.78 Å². The Hall–Kier alpha value is -1.00. The summed E-state index contributed by atoms with van der Waals surface area (Å²) in [6, 6.07) is 4.00. The van der Waals surface area contributed by atoms with Crippen molar-refractivity contribution in [3.8, 4) is 0 Å². The average molecular weight is 254 g/mol. The fraction of sp³-hybridized carbons (Fsp3) is 0.571. The second-order valence-corrected chi connectivity index (χ2v) is 5.16. The van der Waals surface area contributed by atoms with Crippen LogP contribution < -0.4 is 5.73 Å². The van der Waals surface area contributed by atoms with Crippen molar-refractivity contribution in [1.82, 2.24) is 4.90 Å². The van der Waals surface area contributed by atoms with E-state index in [1.165, 1.54) is 31.4 Å². The molecular formula is C14H20F2N2. The van der Waals surface area contributed by atoms with E-state index in [-0.39, 0.29) is 6.04 Å². The standard InChI is InChI=1S/C14H20F2N2/c1-18(9-10-3-2-4-10)14(8-17)11-5-6-12(15)13(16)7-11/h5-7,10,14H,2-4,8-9,17H2,1H3. The molecule has 4 heteroatoms. The van der Waals surface area contributed by atoms with Crippen LogP contribution >= 0.6 is 0 Å². The van der Waals surface area contributed by atoms with Gasteiger partial charge in [-0.05, 0) is 43.5 Å². The highest BCUT2D eigenvalue weighted by Crippen LogP contribution is 2.29. The SMILES string of the molecule is CN(CC1CCC1)C(CN)c1ccc(F)c(F)c1. The maximum absolute atomic E-state index is 13.2. The van der Waals surface area contributed by atoms with Crippen LogP contribution in [-0.2, 0) is 0 Å². The fourth-order valence-electron chi connectivity index (χ4n) is 2.50. The smallest absolute Gasteiger partial charge is 0.159 e. The number of likely N-dealkylation sites (N-methyl/N-ethyl adjacent to an activating group) is 1. The van der Waals surface area contributed by atoms with Crippen molar-refractivity contribution in [2.45, 2.75) is 25.3 Å². The highest BCUT2D eigenvalue weighted by Gasteiger charge is 2.23. The van der Waals surface area contributed by atoms with Gasteiger partial charge in [0.05, 0.1) is 0 Å². The van der Waals surface area contributed by atoms with Crippen molar-refractivity contribution in [3.05, 3.63) is 35.4 Å². The molecule has 1 aromatic carbocycles. The molecule has 100 valence electrons. The molecule has 0 amide bonds. The molecule has 0 spiro atoms. The van der Waals surface area contributed by atoms with Gasteiger partial charge >= 0.3 is 0 Å². The number of benzene rings is 1.